The summed E-state index contributed by atoms with van der Waals surface area (Å²) in [6.45, 7) is 11.7. The van der Waals surface area contributed by atoms with Crippen LogP contribution in [0.25, 0.3) is 0 Å². The van der Waals surface area contributed by atoms with Gasteiger partial charge in [0.25, 0.3) is 0 Å². The van der Waals surface area contributed by atoms with Crippen molar-refractivity contribution >= 4 is 0 Å². The molecule has 0 amide bonds. The minimum Gasteiger partial charge on any atom is -0.305 e. The van der Waals surface area contributed by atoms with Crippen molar-refractivity contribution in [2.45, 2.75) is 39.4 Å². The summed E-state index contributed by atoms with van der Waals surface area (Å²) >= 11 is 0. The van der Waals surface area contributed by atoms with Crippen LogP contribution >= 0.6 is 0 Å². The number of piperazine rings is 1. The third-order valence-corrected chi connectivity index (χ3v) is 3.24. The second-order valence-corrected chi connectivity index (χ2v) is 4.38. The van der Waals surface area contributed by atoms with E-state index in [9.17, 15) is 0 Å². The zero-order valence-corrected chi connectivity index (χ0v) is 10.1. The fourth-order valence-corrected chi connectivity index (χ4v) is 2.21. The molecule has 1 heterocycles. The Bertz CT molecular complexity index is 147. The van der Waals surface area contributed by atoms with E-state index in [4.69, 9.17) is 0 Å². The number of rotatable bonds is 4. The molecule has 0 spiro atoms. The monoisotopic (exact) mass is 199 g/mol. The van der Waals surface area contributed by atoms with Crippen LogP contribution in [-0.4, -0.2) is 55.2 Å². The standard InChI is InChI=1S/C11H25N3/c1-5-11(12-4)14-8-6-13(7-9-14)10(2)3/h10-12H,5-9H2,1-4H3. The van der Waals surface area contributed by atoms with Crippen LogP contribution in [0, 0.1) is 0 Å². The van der Waals surface area contributed by atoms with Crippen LogP contribution in [0.3, 0.4) is 0 Å². The number of hydrogen-bond donors (Lipinski definition) is 1. The van der Waals surface area contributed by atoms with Gasteiger partial charge in [-0.05, 0) is 27.3 Å². The Labute approximate surface area is 88.5 Å². The highest BCUT2D eigenvalue weighted by molar-refractivity contribution is 4.77. The summed E-state index contributed by atoms with van der Waals surface area (Å²) in [6.07, 6.45) is 1.77. The molecule has 0 aromatic heterocycles. The Morgan fingerprint density at radius 1 is 1.07 bits per heavy atom. The van der Waals surface area contributed by atoms with Gasteiger partial charge in [0.05, 0.1) is 6.17 Å². The van der Waals surface area contributed by atoms with E-state index in [2.05, 4.69) is 42.9 Å². The maximum atomic E-state index is 3.37. The van der Waals surface area contributed by atoms with Crippen LogP contribution in [0.15, 0.2) is 0 Å². The van der Waals surface area contributed by atoms with Gasteiger partial charge in [0, 0.05) is 32.2 Å². The third kappa shape index (κ3) is 2.94. The number of hydrogen-bond acceptors (Lipinski definition) is 3. The molecule has 1 unspecified atom stereocenters. The van der Waals surface area contributed by atoms with Crippen molar-refractivity contribution in [3.63, 3.8) is 0 Å². The van der Waals surface area contributed by atoms with Gasteiger partial charge in [-0.3, -0.25) is 9.80 Å². The SMILES string of the molecule is CCC(NC)N1CCN(C(C)C)CC1. The van der Waals surface area contributed by atoms with Crippen LogP contribution in [-0.2, 0) is 0 Å². The maximum absolute atomic E-state index is 3.37. The molecule has 1 saturated heterocycles. The average Bonchev–Trinajstić information content (AvgIpc) is 2.20. The Hall–Kier alpha value is -0.120. The summed E-state index contributed by atoms with van der Waals surface area (Å²) in [5.74, 6) is 0. The van der Waals surface area contributed by atoms with Gasteiger partial charge in [-0.2, -0.15) is 0 Å². The Kier molecular flexibility index (Phi) is 4.85. The summed E-state index contributed by atoms with van der Waals surface area (Å²) in [4.78, 5) is 5.11. The van der Waals surface area contributed by atoms with E-state index in [0.717, 1.165) is 0 Å². The van der Waals surface area contributed by atoms with E-state index in [0.29, 0.717) is 12.2 Å². The van der Waals surface area contributed by atoms with Gasteiger partial charge in [-0.25, -0.2) is 0 Å². The quantitative estimate of drug-likeness (QED) is 0.728. The van der Waals surface area contributed by atoms with Gasteiger partial charge in [0.15, 0.2) is 0 Å². The highest BCUT2D eigenvalue weighted by Crippen LogP contribution is 2.09. The predicted molar refractivity (Wildman–Crippen MR) is 61.4 cm³/mol. The molecule has 1 N–H and O–H groups in total. The molecule has 3 nitrogen and oxygen atoms in total. The van der Waals surface area contributed by atoms with Crippen LogP contribution in [0.2, 0.25) is 0 Å². The minimum absolute atomic E-state index is 0.573. The summed E-state index contributed by atoms with van der Waals surface area (Å²) in [5, 5.41) is 3.37. The lowest BCUT2D eigenvalue weighted by Crippen LogP contribution is -2.55. The van der Waals surface area contributed by atoms with Gasteiger partial charge in [-0.15, -0.1) is 0 Å². The molecule has 0 radical (unpaired) electrons. The molecule has 1 rings (SSSR count). The second kappa shape index (κ2) is 5.69. The molecule has 0 aromatic carbocycles. The van der Waals surface area contributed by atoms with E-state index in [1.807, 2.05) is 0 Å². The summed E-state index contributed by atoms with van der Waals surface area (Å²) in [5.41, 5.74) is 0. The Balaban J connectivity index is 2.34. The highest BCUT2D eigenvalue weighted by Gasteiger charge is 2.22. The number of nitrogens with one attached hydrogen (secondary N) is 1. The van der Waals surface area contributed by atoms with E-state index in [-0.39, 0.29) is 0 Å². The van der Waals surface area contributed by atoms with Crippen LogP contribution < -0.4 is 5.32 Å². The molecule has 0 aromatic rings. The molecule has 1 aliphatic heterocycles. The van der Waals surface area contributed by atoms with Crippen molar-refractivity contribution in [3.05, 3.63) is 0 Å². The predicted octanol–water partition coefficient (Wildman–Crippen LogP) is 0.968. The maximum Gasteiger partial charge on any atom is 0.0592 e. The van der Waals surface area contributed by atoms with Crippen LogP contribution in [0.5, 0.6) is 0 Å². The van der Waals surface area contributed by atoms with Gasteiger partial charge >= 0.3 is 0 Å². The number of nitrogens with zero attached hydrogens (tertiary/aromatic N) is 2. The molecule has 3 heteroatoms. The molecule has 0 saturated carbocycles. The first-order valence-electron chi connectivity index (χ1n) is 5.84. The van der Waals surface area contributed by atoms with Gasteiger partial charge in [-0.1, -0.05) is 6.92 Å². The van der Waals surface area contributed by atoms with Crippen LogP contribution in [0.1, 0.15) is 27.2 Å². The molecule has 1 fully saturated rings. The Morgan fingerprint density at radius 3 is 1.93 bits per heavy atom. The van der Waals surface area contributed by atoms with Crippen molar-refractivity contribution in [2.75, 3.05) is 33.2 Å². The first kappa shape index (κ1) is 12.0. The van der Waals surface area contributed by atoms with Crippen molar-refractivity contribution in [2.24, 2.45) is 0 Å². The zero-order valence-electron chi connectivity index (χ0n) is 10.1. The molecule has 0 aliphatic carbocycles. The summed E-state index contributed by atoms with van der Waals surface area (Å²) in [6, 6.07) is 0.701. The van der Waals surface area contributed by atoms with E-state index in [1.54, 1.807) is 0 Å². The van der Waals surface area contributed by atoms with Crippen molar-refractivity contribution < 1.29 is 0 Å². The lowest BCUT2D eigenvalue weighted by molar-refractivity contribution is 0.0673. The summed E-state index contributed by atoms with van der Waals surface area (Å²) in [7, 11) is 2.06. The first-order valence-corrected chi connectivity index (χ1v) is 5.84. The smallest absolute Gasteiger partial charge is 0.0592 e. The molecular formula is C11H25N3. The van der Waals surface area contributed by atoms with Gasteiger partial charge < -0.3 is 5.32 Å². The van der Waals surface area contributed by atoms with E-state index in [1.165, 1.54) is 32.6 Å². The molecule has 0 bridgehead atoms. The molecule has 84 valence electrons. The lowest BCUT2D eigenvalue weighted by Gasteiger charge is -2.40. The van der Waals surface area contributed by atoms with Crippen molar-refractivity contribution in [3.8, 4) is 0 Å². The topological polar surface area (TPSA) is 18.5 Å². The third-order valence-electron chi connectivity index (χ3n) is 3.24. The Morgan fingerprint density at radius 2 is 1.57 bits per heavy atom. The molecule has 14 heavy (non-hydrogen) atoms. The average molecular weight is 199 g/mol. The lowest BCUT2D eigenvalue weighted by atomic mass is 10.2. The molecular weight excluding hydrogens is 174 g/mol. The fraction of sp³-hybridized carbons (Fsp3) is 1.00. The van der Waals surface area contributed by atoms with Crippen molar-refractivity contribution in [1.29, 1.82) is 0 Å². The van der Waals surface area contributed by atoms with E-state index < -0.39 is 0 Å². The second-order valence-electron chi connectivity index (χ2n) is 4.38. The first-order chi connectivity index (χ1) is 6.69. The largest absolute Gasteiger partial charge is 0.305 e. The van der Waals surface area contributed by atoms with E-state index >= 15 is 0 Å². The normalized spacial score (nSPS) is 22.9. The highest BCUT2D eigenvalue weighted by atomic mass is 15.3. The van der Waals surface area contributed by atoms with Crippen molar-refractivity contribution in [1.82, 2.24) is 15.1 Å². The van der Waals surface area contributed by atoms with Gasteiger partial charge in [0.1, 0.15) is 0 Å². The molecule has 1 aliphatic rings. The molecule has 1 atom stereocenters. The zero-order chi connectivity index (χ0) is 10.6. The van der Waals surface area contributed by atoms with Crippen LogP contribution in [0.4, 0.5) is 0 Å². The minimum atomic E-state index is 0.573. The fourth-order valence-electron chi connectivity index (χ4n) is 2.21. The van der Waals surface area contributed by atoms with Gasteiger partial charge in [0.2, 0.25) is 0 Å². The summed E-state index contributed by atoms with van der Waals surface area (Å²) < 4.78 is 0.